The van der Waals surface area contributed by atoms with Gasteiger partial charge in [-0.3, -0.25) is 19.8 Å². The van der Waals surface area contributed by atoms with E-state index in [4.69, 9.17) is 4.74 Å². The van der Waals surface area contributed by atoms with E-state index < -0.39 is 4.92 Å². The number of nitrogens with zero attached hydrogens (tertiary/aromatic N) is 3. The number of nitro benzene ring substituents is 1. The van der Waals surface area contributed by atoms with E-state index in [0.29, 0.717) is 45.0 Å². The minimum atomic E-state index is -0.501. The van der Waals surface area contributed by atoms with Crippen LogP contribution in [0.4, 0.5) is 16.2 Å². The molecule has 1 N–H and O–H groups in total. The first-order chi connectivity index (χ1) is 12.0. The van der Waals surface area contributed by atoms with E-state index in [0.717, 1.165) is 0 Å². The van der Waals surface area contributed by atoms with Gasteiger partial charge in [0.25, 0.3) is 5.69 Å². The number of amides is 2. The van der Waals surface area contributed by atoms with Crippen LogP contribution in [0.1, 0.15) is 13.3 Å². The molecule has 0 radical (unpaired) electrons. The Kier molecular flexibility index (Phi) is 6.70. The molecule has 136 valence electrons. The summed E-state index contributed by atoms with van der Waals surface area (Å²) < 4.78 is 4.96. The number of piperazine rings is 1. The lowest BCUT2D eigenvalue weighted by atomic mass is 10.2. The van der Waals surface area contributed by atoms with Gasteiger partial charge in [0, 0.05) is 57.0 Å². The molecule has 1 aliphatic rings. The van der Waals surface area contributed by atoms with Gasteiger partial charge in [0.2, 0.25) is 5.91 Å². The number of hydrogen-bond acceptors (Lipinski definition) is 6. The van der Waals surface area contributed by atoms with Crippen molar-refractivity contribution in [1.29, 1.82) is 0 Å². The van der Waals surface area contributed by atoms with Crippen molar-refractivity contribution in [3.63, 3.8) is 0 Å². The van der Waals surface area contributed by atoms with Gasteiger partial charge in [-0.05, 0) is 13.0 Å². The molecule has 0 spiro atoms. The Morgan fingerprint density at radius 3 is 2.64 bits per heavy atom. The van der Waals surface area contributed by atoms with E-state index in [-0.39, 0.29) is 24.1 Å². The van der Waals surface area contributed by atoms with Gasteiger partial charge in [-0.15, -0.1) is 0 Å². The summed E-state index contributed by atoms with van der Waals surface area (Å²) in [5.74, 6) is -0.201. The maximum absolute atomic E-state index is 12.0. The summed E-state index contributed by atoms with van der Waals surface area (Å²) in [7, 11) is 0. The number of carbonyl (C=O) groups excluding carboxylic acids is 2. The third-order valence-corrected chi connectivity index (χ3v) is 3.89. The molecule has 1 fully saturated rings. The minimum Gasteiger partial charge on any atom is -0.450 e. The topological polar surface area (TPSA) is 105 Å². The first-order valence-corrected chi connectivity index (χ1v) is 8.18. The number of benzene rings is 1. The SMILES string of the molecule is CCOC(=O)N1CCN(CCC(=O)Nc2cccc([N+](=O)[O-])c2)CC1. The van der Waals surface area contributed by atoms with Crippen molar-refractivity contribution < 1.29 is 19.2 Å². The number of hydrogen-bond donors (Lipinski definition) is 1. The molecule has 0 bridgehead atoms. The number of non-ortho nitro benzene ring substituents is 1. The van der Waals surface area contributed by atoms with Crippen molar-refractivity contribution in [3.8, 4) is 0 Å². The predicted molar refractivity (Wildman–Crippen MR) is 91.4 cm³/mol. The fourth-order valence-corrected chi connectivity index (χ4v) is 2.55. The molecule has 2 amide bonds. The standard InChI is InChI=1S/C16H22N4O5/c1-2-25-16(22)19-10-8-18(9-11-19)7-6-15(21)17-13-4-3-5-14(12-13)20(23)24/h3-5,12H,2,6-11H2,1H3,(H,17,21). The Balaban J connectivity index is 1.73. The second-order valence-electron chi connectivity index (χ2n) is 5.63. The van der Waals surface area contributed by atoms with Gasteiger partial charge in [0.1, 0.15) is 0 Å². The van der Waals surface area contributed by atoms with Crippen LogP contribution in [-0.2, 0) is 9.53 Å². The highest BCUT2D eigenvalue weighted by atomic mass is 16.6. The second kappa shape index (κ2) is 8.97. The Hall–Kier alpha value is -2.68. The molecular weight excluding hydrogens is 328 g/mol. The highest BCUT2D eigenvalue weighted by molar-refractivity contribution is 5.91. The van der Waals surface area contributed by atoms with E-state index in [9.17, 15) is 19.7 Å². The lowest BCUT2D eigenvalue weighted by Crippen LogP contribution is -2.49. The average Bonchev–Trinajstić information content (AvgIpc) is 2.61. The lowest BCUT2D eigenvalue weighted by Gasteiger charge is -2.33. The Bertz CT molecular complexity index is 629. The third-order valence-electron chi connectivity index (χ3n) is 3.89. The fraction of sp³-hybridized carbons (Fsp3) is 0.500. The van der Waals surface area contributed by atoms with Crippen molar-refractivity contribution in [2.45, 2.75) is 13.3 Å². The van der Waals surface area contributed by atoms with Crippen LogP contribution in [0.2, 0.25) is 0 Å². The summed E-state index contributed by atoms with van der Waals surface area (Å²) in [6, 6.07) is 5.85. The molecule has 0 unspecified atom stereocenters. The maximum atomic E-state index is 12.0. The van der Waals surface area contributed by atoms with Gasteiger partial charge >= 0.3 is 6.09 Å². The fourth-order valence-electron chi connectivity index (χ4n) is 2.55. The second-order valence-corrected chi connectivity index (χ2v) is 5.63. The normalized spacial score (nSPS) is 14.8. The smallest absolute Gasteiger partial charge is 0.409 e. The third kappa shape index (κ3) is 5.71. The van der Waals surface area contributed by atoms with Crippen LogP contribution in [0, 0.1) is 10.1 Å². The van der Waals surface area contributed by atoms with Gasteiger partial charge in [0.05, 0.1) is 11.5 Å². The van der Waals surface area contributed by atoms with Crippen LogP contribution in [0.25, 0.3) is 0 Å². The van der Waals surface area contributed by atoms with Gasteiger partial charge in [0.15, 0.2) is 0 Å². The molecule has 25 heavy (non-hydrogen) atoms. The summed E-state index contributed by atoms with van der Waals surface area (Å²) in [4.78, 5) is 37.6. The summed E-state index contributed by atoms with van der Waals surface area (Å²) in [5, 5.41) is 13.4. The van der Waals surface area contributed by atoms with Crippen LogP contribution in [0.3, 0.4) is 0 Å². The summed E-state index contributed by atoms with van der Waals surface area (Å²) in [6.45, 7) is 5.21. The first-order valence-electron chi connectivity index (χ1n) is 8.18. The molecule has 1 saturated heterocycles. The van der Waals surface area contributed by atoms with Crippen LogP contribution < -0.4 is 5.32 Å². The van der Waals surface area contributed by atoms with E-state index in [1.165, 1.54) is 18.2 Å². The predicted octanol–water partition coefficient (Wildman–Crippen LogP) is 1.70. The van der Waals surface area contributed by atoms with Gasteiger partial charge < -0.3 is 15.0 Å². The van der Waals surface area contributed by atoms with Crippen molar-refractivity contribution >= 4 is 23.4 Å². The van der Waals surface area contributed by atoms with Crippen molar-refractivity contribution in [3.05, 3.63) is 34.4 Å². The largest absolute Gasteiger partial charge is 0.450 e. The number of ether oxygens (including phenoxy) is 1. The summed E-state index contributed by atoms with van der Waals surface area (Å²) in [6.07, 6.45) is -0.0205. The van der Waals surface area contributed by atoms with Crippen molar-refractivity contribution in [2.24, 2.45) is 0 Å². The Morgan fingerprint density at radius 1 is 1.28 bits per heavy atom. The zero-order chi connectivity index (χ0) is 18.2. The molecular formula is C16H22N4O5. The van der Waals surface area contributed by atoms with E-state index >= 15 is 0 Å². The highest BCUT2D eigenvalue weighted by Crippen LogP contribution is 2.17. The molecule has 2 rings (SSSR count). The zero-order valence-electron chi connectivity index (χ0n) is 14.1. The highest BCUT2D eigenvalue weighted by Gasteiger charge is 2.22. The zero-order valence-corrected chi connectivity index (χ0v) is 14.1. The van der Waals surface area contributed by atoms with E-state index in [2.05, 4.69) is 10.2 Å². The van der Waals surface area contributed by atoms with Crippen LogP contribution in [0.5, 0.6) is 0 Å². The van der Waals surface area contributed by atoms with Gasteiger partial charge in [-0.25, -0.2) is 4.79 Å². The molecule has 0 aromatic heterocycles. The number of nitrogens with one attached hydrogen (secondary N) is 1. The van der Waals surface area contributed by atoms with Gasteiger partial charge in [-0.1, -0.05) is 6.07 Å². The quantitative estimate of drug-likeness (QED) is 0.618. The molecule has 0 saturated carbocycles. The van der Waals surface area contributed by atoms with Crippen LogP contribution >= 0.6 is 0 Å². The summed E-state index contributed by atoms with van der Waals surface area (Å²) in [5.41, 5.74) is 0.346. The molecule has 1 aromatic carbocycles. The van der Waals surface area contributed by atoms with Crippen LogP contribution in [0.15, 0.2) is 24.3 Å². The van der Waals surface area contributed by atoms with Gasteiger partial charge in [-0.2, -0.15) is 0 Å². The molecule has 1 aromatic rings. The van der Waals surface area contributed by atoms with E-state index in [1.807, 2.05) is 0 Å². The van der Waals surface area contributed by atoms with Crippen molar-refractivity contribution in [1.82, 2.24) is 9.80 Å². The maximum Gasteiger partial charge on any atom is 0.409 e. The number of nitro groups is 1. The van der Waals surface area contributed by atoms with Crippen molar-refractivity contribution in [2.75, 3.05) is 44.6 Å². The first kappa shape index (κ1) is 18.7. The van der Waals surface area contributed by atoms with Crippen LogP contribution in [-0.4, -0.2) is 66.1 Å². The lowest BCUT2D eigenvalue weighted by molar-refractivity contribution is -0.384. The Morgan fingerprint density at radius 2 is 2.00 bits per heavy atom. The molecule has 9 heteroatoms. The molecule has 9 nitrogen and oxygen atoms in total. The minimum absolute atomic E-state index is 0.0621. The number of anilines is 1. The molecule has 0 atom stereocenters. The van der Waals surface area contributed by atoms with E-state index in [1.54, 1.807) is 17.9 Å². The monoisotopic (exact) mass is 350 g/mol. The molecule has 1 aliphatic heterocycles. The number of carbonyl (C=O) groups is 2. The number of rotatable bonds is 6. The molecule has 0 aliphatic carbocycles. The Labute approximate surface area is 145 Å². The molecule has 1 heterocycles. The summed E-state index contributed by atoms with van der Waals surface area (Å²) >= 11 is 0. The average molecular weight is 350 g/mol.